The van der Waals surface area contributed by atoms with Crippen LogP contribution >= 0.6 is 0 Å². The molecule has 4 heteroatoms. The fourth-order valence-electron chi connectivity index (χ4n) is 1.32. The van der Waals surface area contributed by atoms with E-state index >= 15 is 0 Å². The van der Waals surface area contributed by atoms with Gasteiger partial charge >= 0.3 is 11.9 Å². The summed E-state index contributed by atoms with van der Waals surface area (Å²) in [6.07, 6.45) is 0.222. The molecule has 2 N–H and O–H groups in total. The van der Waals surface area contributed by atoms with Crippen molar-refractivity contribution in [2.24, 2.45) is 0 Å². The first kappa shape index (κ1) is 13.7. The van der Waals surface area contributed by atoms with Crippen molar-refractivity contribution in [2.45, 2.75) is 13.3 Å². The van der Waals surface area contributed by atoms with Gasteiger partial charge < -0.3 is 10.2 Å². The van der Waals surface area contributed by atoms with Gasteiger partial charge in [0.2, 0.25) is 0 Å². The molecule has 2 rings (SSSR count). The Balaban J connectivity index is 0.000000280. The maximum atomic E-state index is 10.6. The number of fused-ring (bicyclic) bond motifs is 1. The summed E-state index contributed by atoms with van der Waals surface area (Å²) in [5.74, 6) is -1.63. The largest absolute Gasteiger partial charge is 0.481 e. The molecule has 94 valence electrons. The van der Waals surface area contributed by atoms with Crippen molar-refractivity contribution in [1.82, 2.24) is 0 Å². The third-order valence-corrected chi connectivity index (χ3v) is 2.30. The zero-order valence-corrected chi connectivity index (χ0v) is 9.96. The molecule has 0 bridgehead atoms. The van der Waals surface area contributed by atoms with E-state index in [0.29, 0.717) is 5.56 Å². The molecule has 18 heavy (non-hydrogen) atoms. The van der Waals surface area contributed by atoms with Crippen LogP contribution in [0.2, 0.25) is 0 Å². The molecule has 0 radical (unpaired) electrons. The van der Waals surface area contributed by atoms with E-state index in [1.54, 1.807) is 19.1 Å². The van der Waals surface area contributed by atoms with Crippen LogP contribution in [-0.2, 0) is 4.79 Å². The smallest absolute Gasteiger partial charge is 0.335 e. The van der Waals surface area contributed by atoms with Crippen LogP contribution in [0.4, 0.5) is 0 Å². The van der Waals surface area contributed by atoms with Gasteiger partial charge in [-0.3, -0.25) is 4.79 Å². The fourth-order valence-corrected chi connectivity index (χ4v) is 1.32. The molecule has 0 aromatic heterocycles. The number of carbonyl (C=O) groups is 2. The molecule has 0 saturated heterocycles. The van der Waals surface area contributed by atoms with Crippen LogP contribution in [0.1, 0.15) is 23.7 Å². The van der Waals surface area contributed by atoms with Gasteiger partial charge in [0, 0.05) is 6.42 Å². The zero-order valence-electron chi connectivity index (χ0n) is 9.96. The van der Waals surface area contributed by atoms with Crippen LogP contribution in [-0.4, -0.2) is 22.2 Å². The van der Waals surface area contributed by atoms with Crippen LogP contribution < -0.4 is 0 Å². The highest BCUT2D eigenvalue weighted by molar-refractivity contribution is 5.94. The first-order valence-corrected chi connectivity index (χ1v) is 5.48. The van der Waals surface area contributed by atoms with E-state index in [1.165, 1.54) is 0 Å². The van der Waals surface area contributed by atoms with E-state index in [9.17, 15) is 9.59 Å². The standard InChI is InChI=1S/C11H8O2.C3H6O2/c12-11(13)10-6-5-8-3-1-2-4-9(8)7-10;1-2-3(4)5/h1-7H,(H,12,13);2H2,1H3,(H,4,5). The number of benzene rings is 2. The Kier molecular flexibility index (Phi) is 4.87. The van der Waals surface area contributed by atoms with E-state index in [4.69, 9.17) is 10.2 Å². The Labute approximate surface area is 104 Å². The van der Waals surface area contributed by atoms with Crippen LogP contribution in [0, 0.1) is 0 Å². The Morgan fingerprint density at radius 3 is 2.06 bits per heavy atom. The summed E-state index contributed by atoms with van der Waals surface area (Å²) in [4.78, 5) is 20.0. The van der Waals surface area contributed by atoms with Crippen LogP contribution in [0.5, 0.6) is 0 Å². The van der Waals surface area contributed by atoms with E-state index in [-0.39, 0.29) is 6.42 Å². The van der Waals surface area contributed by atoms with E-state index in [2.05, 4.69) is 0 Å². The minimum absolute atomic E-state index is 0.222. The Morgan fingerprint density at radius 2 is 1.56 bits per heavy atom. The SMILES string of the molecule is CCC(=O)O.O=C(O)c1ccc2ccccc2c1. The summed E-state index contributed by atoms with van der Waals surface area (Å²) in [7, 11) is 0. The number of aromatic carboxylic acids is 1. The Hall–Kier alpha value is -2.36. The zero-order chi connectivity index (χ0) is 13.5. The first-order valence-electron chi connectivity index (χ1n) is 5.48. The molecule has 0 spiro atoms. The molecule has 2 aromatic rings. The molecular weight excluding hydrogens is 232 g/mol. The average Bonchev–Trinajstić information content (AvgIpc) is 2.38. The number of carboxylic acids is 2. The molecule has 4 nitrogen and oxygen atoms in total. The Morgan fingerprint density at radius 1 is 1.00 bits per heavy atom. The number of rotatable bonds is 2. The molecule has 0 atom stereocenters. The molecule has 0 heterocycles. The Bertz CT molecular complexity index is 560. The van der Waals surface area contributed by atoms with Gasteiger partial charge in [-0.15, -0.1) is 0 Å². The summed E-state index contributed by atoms with van der Waals surface area (Å²) in [6.45, 7) is 1.60. The van der Waals surface area contributed by atoms with Crippen LogP contribution in [0.15, 0.2) is 42.5 Å². The van der Waals surface area contributed by atoms with Gasteiger partial charge in [0.05, 0.1) is 5.56 Å². The maximum Gasteiger partial charge on any atom is 0.335 e. The van der Waals surface area contributed by atoms with Crippen molar-refractivity contribution in [1.29, 1.82) is 0 Å². The quantitative estimate of drug-likeness (QED) is 0.854. The minimum Gasteiger partial charge on any atom is -0.481 e. The molecular formula is C14H14O4. The lowest BCUT2D eigenvalue weighted by Gasteiger charge is -1.98. The van der Waals surface area contributed by atoms with E-state index < -0.39 is 11.9 Å². The van der Waals surface area contributed by atoms with Gasteiger partial charge in [-0.05, 0) is 22.9 Å². The number of hydrogen-bond donors (Lipinski definition) is 2. The summed E-state index contributed by atoms with van der Waals surface area (Å²) >= 11 is 0. The molecule has 0 aliphatic rings. The second-order valence-electron chi connectivity index (χ2n) is 3.61. The van der Waals surface area contributed by atoms with Gasteiger partial charge in [0.25, 0.3) is 0 Å². The topological polar surface area (TPSA) is 74.6 Å². The van der Waals surface area contributed by atoms with E-state index in [1.807, 2.05) is 30.3 Å². The third kappa shape index (κ3) is 3.90. The highest BCUT2D eigenvalue weighted by atomic mass is 16.4. The van der Waals surface area contributed by atoms with Gasteiger partial charge in [0.1, 0.15) is 0 Å². The van der Waals surface area contributed by atoms with Crippen molar-refractivity contribution < 1.29 is 19.8 Å². The number of aliphatic carboxylic acids is 1. The van der Waals surface area contributed by atoms with Crippen molar-refractivity contribution in [3.8, 4) is 0 Å². The predicted molar refractivity (Wildman–Crippen MR) is 68.8 cm³/mol. The number of hydrogen-bond acceptors (Lipinski definition) is 2. The molecule has 0 fully saturated rings. The molecule has 0 aliphatic carbocycles. The van der Waals surface area contributed by atoms with Gasteiger partial charge in [-0.2, -0.15) is 0 Å². The summed E-state index contributed by atoms with van der Waals surface area (Å²) < 4.78 is 0. The molecule has 0 saturated carbocycles. The van der Waals surface area contributed by atoms with Gasteiger partial charge in [0.15, 0.2) is 0 Å². The highest BCUT2D eigenvalue weighted by Gasteiger charge is 2.01. The lowest BCUT2D eigenvalue weighted by molar-refractivity contribution is -0.136. The van der Waals surface area contributed by atoms with Crippen LogP contribution in [0.3, 0.4) is 0 Å². The first-order chi connectivity index (χ1) is 8.54. The summed E-state index contributed by atoms with van der Waals surface area (Å²) in [5, 5.41) is 18.5. The molecule has 0 amide bonds. The molecule has 2 aromatic carbocycles. The lowest BCUT2D eigenvalue weighted by atomic mass is 10.1. The predicted octanol–water partition coefficient (Wildman–Crippen LogP) is 3.02. The second kappa shape index (κ2) is 6.39. The fraction of sp³-hybridized carbons (Fsp3) is 0.143. The summed E-state index contributed by atoms with van der Waals surface area (Å²) in [5.41, 5.74) is 0.332. The monoisotopic (exact) mass is 246 g/mol. The van der Waals surface area contributed by atoms with Crippen molar-refractivity contribution in [3.05, 3.63) is 48.0 Å². The maximum absolute atomic E-state index is 10.6. The molecule has 0 unspecified atom stereocenters. The van der Waals surface area contributed by atoms with Gasteiger partial charge in [-0.1, -0.05) is 37.3 Å². The average molecular weight is 246 g/mol. The van der Waals surface area contributed by atoms with Crippen molar-refractivity contribution >= 4 is 22.7 Å². The second-order valence-corrected chi connectivity index (χ2v) is 3.61. The third-order valence-electron chi connectivity index (χ3n) is 2.30. The summed E-state index contributed by atoms with van der Waals surface area (Å²) in [6, 6.07) is 12.8. The highest BCUT2D eigenvalue weighted by Crippen LogP contribution is 2.15. The van der Waals surface area contributed by atoms with E-state index in [0.717, 1.165) is 10.8 Å². The minimum atomic E-state index is -0.884. The normalized spacial score (nSPS) is 9.39. The number of carboxylic acid groups (broad SMARTS) is 2. The van der Waals surface area contributed by atoms with Gasteiger partial charge in [-0.25, -0.2) is 4.79 Å². The molecule has 0 aliphatic heterocycles. The lowest BCUT2D eigenvalue weighted by Crippen LogP contribution is -1.94. The van der Waals surface area contributed by atoms with Crippen molar-refractivity contribution in [3.63, 3.8) is 0 Å². The van der Waals surface area contributed by atoms with Crippen molar-refractivity contribution in [2.75, 3.05) is 0 Å². The van der Waals surface area contributed by atoms with Crippen LogP contribution in [0.25, 0.3) is 10.8 Å².